The smallest absolute Gasteiger partial charge is 0.305 e. The van der Waals surface area contributed by atoms with Crippen molar-refractivity contribution in [2.75, 3.05) is 5.32 Å². The molecule has 2 rings (SSSR count). The van der Waals surface area contributed by atoms with Gasteiger partial charge in [-0.2, -0.15) is 0 Å². The van der Waals surface area contributed by atoms with Crippen LogP contribution in [0.15, 0.2) is 47.4 Å². The molecule has 2 aromatic carbocycles. The summed E-state index contributed by atoms with van der Waals surface area (Å²) < 4.78 is 26.2. The second-order valence-corrected chi connectivity index (χ2v) is 6.89. The third-order valence-electron chi connectivity index (χ3n) is 2.81. The summed E-state index contributed by atoms with van der Waals surface area (Å²) in [4.78, 5) is 11.7. The molecule has 0 unspecified atom stereocenters. The number of carbonyl (C=O) groups excluding carboxylic acids is 1. The van der Waals surface area contributed by atoms with Crippen LogP contribution in [0.1, 0.15) is 5.56 Å². The van der Waals surface area contributed by atoms with E-state index in [2.05, 4.69) is 5.32 Å². The lowest BCUT2D eigenvalue weighted by atomic mass is 10.2. The highest BCUT2D eigenvalue weighted by atomic mass is 35.5. The van der Waals surface area contributed by atoms with Gasteiger partial charge in [0.2, 0.25) is 0 Å². The zero-order valence-corrected chi connectivity index (χ0v) is 13.8. The molecule has 0 heterocycles. The lowest BCUT2D eigenvalue weighted by Gasteiger charge is -2.12. The molecule has 0 fully saturated rings. The number of benzene rings is 2. The Kier molecular flexibility index (Phi) is 4.95. The standard InChI is InChI=1S/C14H12Cl2N2O3S/c1-9-5-4-7-11(16)13(9)17-14(19)18-22(20,21)12-8-3-2-6-10(12)15/h2-8H,1H3,(H2,17,18,19). The Balaban J connectivity index is 2.21. The molecule has 0 saturated carbocycles. The highest BCUT2D eigenvalue weighted by Gasteiger charge is 2.21. The molecule has 2 aromatic rings. The molecule has 0 aliphatic carbocycles. The first-order valence-electron chi connectivity index (χ1n) is 6.15. The van der Waals surface area contributed by atoms with Gasteiger partial charge in [-0.05, 0) is 30.7 Å². The third kappa shape index (κ3) is 3.71. The van der Waals surface area contributed by atoms with E-state index >= 15 is 0 Å². The number of sulfonamides is 1. The van der Waals surface area contributed by atoms with Gasteiger partial charge in [-0.15, -0.1) is 0 Å². The zero-order chi connectivity index (χ0) is 16.3. The van der Waals surface area contributed by atoms with Gasteiger partial charge in [0.25, 0.3) is 10.0 Å². The van der Waals surface area contributed by atoms with Crippen molar-refractivity contribution >= 4 is 44.9 Å². The summed E-state index contributed by atoms with van der Waals surface area (Å²) in [6, 6.07) is 9.96. The molecule has 0 saturated heterocycles. The van der Waals surface area contributed by atoms with Crippen molar-refractivity contribution in [1.82, 2.24) is 4.72 Å². The number of urea groups is 1. The minimum atomic E-state index is -4.07. The molecular weight excluding hydrogens is 347 g/mol. The second-order valence-electron chi connectivity index (χ2n) is 4.42. The molecule has 116 valence electrons. The van der Waals surface area contributed by atoms with E-state index in [-0.39, 0.29) is 9.92 Å². The summed E-state index contributed by atoms with van der Waals surface area (Å²) in [5.74, 6) is 0. The summed E-state index contributed by atoms with van der Waals surface area (Å²) in [7, 11) is -4.07. The van der Waals surface area contributed by atoms with Crippen LogP contribution >= 0.6 is 23.2 Å². The van der Waals surface area contributed by atoms with Crippen LogP contribution < -0.4 is 10.0 Å². The van der Waals surface area contributed by atoms with Crippen molar-refractivity contribution in [3.8, 4) is 0 Å². The van der Waals surface area contributed by atoms with E-state index in [1.165, 1.54) is 18.2 Å². The summed E-state index contributed by atoms with van der Waals surface area (Å²) in [6.45, 7) is 1.74. The number of anilines is 1. The number of hydrogen-bond acceptors (Lipinski definition) is 3. The molecule has 0 aliphatic heterocycles. The van der Waals surface area contributed by atoms with Crippen LogP contribution in [0.25, 0.3) is 0 Å². The Hall–Kier alpha value is -1.76. The summed E-state index contributed by atoms with van der Waals surface area (Å²) >= 11 is 11.8. The normalized spacial score (nSPS) is 11.0. The maximum Gasteiger partial charge on any atom is 0.333 e. The number of rotatable bonds is 3. The Morgan fingerprint density at radius 1 is 1.00 bits per heavy atom. The lowest BCUT2D eigenvalue weighted by molar-refractivity contribution is 0.256. The van der Waals surface area contributed by atoms with Crippen LogP contribution in [-0.4, -0.2) is 14.4 Å². The number of carbonyl (C=O) groups is 1. The van der Waals surface area contributed by atoms with Crippen molar-refractivity contribution in [3.63, 3.8) is 0 Å². The molecule has 8 heteroatoms. The van der Waals surface area contributed by atoms with Crippen molar-refractivity contribution < 1.29 is 13.2 Å². The molecule has 22 heavy (non-hydrogen) atoms. The van der Waals surface area contributed by atoms with Crippen LogP contribution in [0.4, 0.5) is 10.5 Å². The van der Waals surface area contributed by atoms with Crippen LogP contribution in [0, 0.1) is 6.92 Å². The fraction of sp³-hybridized carbons (Fsp3) is 0.0714. The first kappa shape index (κ1) is 16.6. The summed E-state index contributed by atoms with van der Waals surface area (Å²) in [6.07, 6.45) is 0. The Bertz CT molecular complexity index is 802. The topological polar surface area (TPSA) is 75.3 Å². The van der Waals surface area contributed by atoms with E-state index in [9.17, 15) is 13.2 Å². The molecule has 2 N–H and O–H groups in total. The van der Waals surface area contributed by atoms with Crippen molar-refractivity contribution in [1.29, 1.82) is 0 Å². The van der Waals surface area contributed by atoms with Gasteiger partial charge in [-0.25, -0.2) is 17.9 Å². The van der Waals surface area contributed by atoms with E-state index in [0.717, 1.165) is 0 Å². The molecule has 0 aromatic heterocycles. The zero-order valence-electron chi connectivity index (χ0n) is 11.4. The quantitative estimate of drug-likeness (QED) is 0.875. The molecule has 0 spiro atoms. The minimum absolute atomic E-state index is 0.0247. The maximum absolute atomic E-state index is 12.1. The SMILES string of the molecule is Cc1cccc(Cl)c1NC(=O)NS(=O)(=O)c1ccccc1Cl. The number of aryl methyl sites for hydroxylation is 1. The second kappa shape index (κ2) is 6.56. The van der Waals surface area contributed by atoms with Gasteiger partial charge in [-0.1, -0.05) is 47.5 Å². The Morgan fingerprint density at radius 2 is 1.64 bits per heavy atom. The van der Waals surface area contributed by atoms with Gasteiger partial charge in [-0.3, -0.25) is 0 Å². The predicted molar refractivity (Wildman–Crippen MR) is 87.0 cm³/mol. The Morgan fingerprint density at radius 3 is 2.27 bits per heavy atom. The first-order chi connectivity index (χ1) is 10.3. The van der Waals surface area contributed by atoms with Crippen LogP contribution in [0.3, 0.4) is 0 Å². The lowest BCUT2D eigenvalue weighted by Crippen LogP contribution is -2.34. The predicted octanol–water partition coefficient (Wildman–Crippen LogP) is 3.81. The Labute approximate surface area is 138 Å². The molecule has 2 amide bonds. The average molecular weight is 359 g/mol. The van der Waals surface area contributed by atoms with Crippen molar-refractivity contribution in [3.05, 3.63) is 58.1 Å². The number of hydrogen-bond donors (Lipinski definition) is 2. The summed E-state index contributed by atoms with van der Waals surface area (Å²) in [5, 5.41) is 2.75. The fourth-order valence-corrected chi connectivity index (χ4v) is 3.47. The molecule has 0 aliphatic rings. The van der Waals surface area contributed by atoms with Crippen molar-refractivity contribution in [2.24, 2.45) is 0 Å². The molecule has 5 nitrogen and oxygen atoms in total. The van der Waals surface area contributed by atoms with E-state index in [4.69, 9.17) is 23.2 Å². The number of halogens is 2. The molecular formula is C14H12Cl2N2O3S. The van der Waals surface area contributed by atoms with Gasteiger partial charge >= 0.3 is 6.03 Å². The first-order valence-corrected chi connectivity index (χ1v) is 8.38. The minimum Gasteiger partial charge on any atom is -0.305 e. The fourth-order valence-electron chi connectivity index (χ4n) is 1.77. The van der Waals surface area contributed by atoms with Crippen LogP contribution in [-0.2, 0) is 10.0 Å². The monoisotopic (exact) mass is 358 g/mol. The largest absolute Gasteiger partial charge is 0.333 e. The average Bonchev–Trinajstić information content (AvgIpc) is 2.43. The third-order valence-corrected chi connectivity index (χ3v) is 4.96. The van der Waals surface area contributed by atoms with E-state index in [1.807, 2.05) is 4.72 Å². The van der Waals surface area contributed by atoms with Crippen LogP contribution in [0.2, 0.25) is 10.0 Å². The van der Waals surface area contributed by atoms with E-state index in [1.54, 1.807) is 31.2 Å². The van der Waals surface area contributed by atoms with Gasteiger partial charge in [0.05, 0.1) is 15.7 Å². The highest BCUT2D eigenvalue weighted by molar-refractivity contribution is 7.90. The van der Waals surface area contributed by atoms with Gasteiger partial charge in [0.1, 0.15) is 4.90 Å². The van der Waals surface area contributed by atoms with Crippen LogP contribution in [0.5, 0.6) is 0 Å². The van der Waals surface area contributed by atoms with E-state index < -0.39 is 16.1 Å². The highest BCUT2D eigenvalue weighted by Crippen LogP contribution is 2.25. The van der Waals surface area contributed by atoms with Crippen molar-refractivity contribution in [2.45, 2.75) is 11.8 Å². The van der Waals surface area contributed by atoms with Gasteiger partial charge < -0.3 is 5.32 Å². The summed E-state index contributed by atoms with van der Waals surface area (Å²) in [5.41, 5.74) is 1.05. The molecule has 0 bridgehead atoms. The van der Waals surface area contributed by atoms with Gasteiger partial charge in [0.15, 0.2) is 0 Å². The van der Waals surface area contributed by atoms with E-state index in [0.29, 0.717) is 16.3 Å². The molecule has 0 radical (unpaired) electrons. The maximum atomic E-state index is 12.1. The molecule has 0 atom stereocenters. The number of para-hydroxylation sites is 1. The number of nitrogens with one attached hydrogen (secondary N) is 2. The number of amides is 2. The van der Waals surface area contributed by atoms with Gasteiger partial charge in [0, 0.05) is 0 Å².